The molecular formula is C12H27N3OS. The summed E-state index contributed by atoms with van der Waals surface area (Å²) in [6.45, 7) is 4.55. The van der Waals surface area contributed by atoms with Crippen LogP contribution < -0.4 is 5.73 Å². The van der Waals surface area contributed by atoms with E-state index in [0.717, 1.165) is 38.2 Å². The molecule has 0 aromatic carbocycles. The summed E-state index contributed by atoms with van der Waals surface area (Å²) >= 11 is 1.73. The van der Waals surface area contributed by atoms with Crippen molar-refractivity contribution in [1.82, 2.24) is 9.80 Å². The Morgan fingerprint density at radius 1 is 1.29 bits per heavy atom. The molecule has 0 aliphatic carbocycles. The summed E-state index contributed by atoms with van der Waals surface area (Å²) < 4.78 is 0. The first kappa shape index (κ1) is 16.7. The largest absolute Gasteiger partial charge is 0.340 e. The van der Waals surface area contributed by atoms with E-state index in [4.69, 9.17) is 5.73 Å². The van der Waals surface area contributed by atoms with Gasteiger partial charge in [0.05, 0.1) is 6.04 Å². The van der Waals surface area contributed by atoms with Gasteiger partial charge in [-0.25, -0.2) is 0 Å². The highest BCUT2D eigenvalue weighted by atomic mass is 32.2. The summed E-state index contributed by atoms with van der Waals surface area (Å²) in [5.41, 5.74) is 5.92. The second-order valence-electron chi connectivity index (χ2n) is 4.52. The summed E-state index contributed by atoms with van der Waals surface area (Å²) in [6, 6.07) is -0.337. The third kappa shape index (κ3) is 7.63. The Balaban J connectivity index is 4.21. The van der Waals surface area contributed by atoms with Gasteiger partial charge in [-0.15, -0.1) is 0 Å². The number of hydrogen-bond donors (Lipinski definition) is 1. The van der Waals surface area contributed by atoms with Crippen molar-refractivity contribution in [2.24, 2.45) is 5.73 Å². The van der Waals surface area contributed by atoms with E-state index in [-0.39, 0.29) is 11.9 Å². The van der Waals surface area contributed by atoms with Gasteiger partial charge in [0.25, 0.3) is 0 Å². The van der Waals surface area contributed by atoms with Crippen LogP contribution in [0, 0.1) is 0 Å². The molecule has 0 saturated carbocycles. The summed E-state index contributed by atoms with van der Waals surface area (Å²) in [6.07, 6.45) is 3.78. The van der Waals surface area contributed by atoms with Gasteiger partial charge in [0.15, 0.2) is 0 Å². The maximum Gasteiger partial charge on any atom is 0.239 e. The van der Waals surface area contributed by atoms with Crippen molar-refractivity contribution in [3.63, 3.8) is 0 Å². The van der Waals surface area contributed by atoms with Crippen molar-refractivity contribution in [3.8, 4) is 0 Å². The first-order valence-corrected chi connectivity index (χ1v) is 7.60. The van der Waals surface area contributed by atoms with Crippen molar-refractivity contribution in [3.05, 3.63) is 0 Å². The molecule has 102 valence electrons. The fourth-order valence-electron chi connectivity index (χ4n) is 1.53. The Labute approximate surface area is 110 Å². The Morgan fingerprint density at radius 3 is 2.41 bits per heavy atom. The highest BCUT2D eigenvalue weighted by Gasteiger charge is 2.19. The van der Waals surface area contributed by atoms with Crippen LogP contribution in [0.15, 0.2) is 0 Å². The Hall–Kier alpha value is -0.260. The zero-order valence-electron chi connectivity index (χ0n) is 11.6. The molecule has 0 saturated heterocycles. The average molecular weight is 261 g/mol. The SMILES string of the molecule is CCCN(CCN(C)C)C(=O)[C@@H](N)CCSC. The number of amides is 1. The van der Waals surface area contributed by atoms with Gasteiger partial charge < -0.3 is 15.5 Å². The number of nitrogens with two attached hydrogens (primary N) is 1. The van der Waals surface area contributed by atoms with Gasteiger partial charge in [-0.2, -0.15) is 11.8 Å². The molecule has 0 fully saturated rings. The highest BCUT2D eigenvalue weighted by molar-refractivity contribution is 7.98. The Kier molecular flexibility index (Phi) is 9.59. The molecule has 17 heavy (non-hydrogen) atoms. The normalized spacial score (nSPS) is 12.8. The number of thioether (sulfide) groups is 1. The first-order chi connectivity index (χ1) is 8.02. The topological polar surface area (TPSA) is 49.6 Å². The molecule has 0 spiro atoms. The molecule has 5 heteroatoms. The highest BCUT2D eigenvalue weighted by Crippen LogP contribution is 2.03. The van der Waals surface area contributed by atoms with Crippen molar-refractivity contribution >= 4 is 17.7 Å². The van der Waals surface area contributed by atoms with Crippen LogP contribution in [0.4, 0.5) is 0 Å². The van der Waals surface area contributed by atoms with Gasteiger partial charge >= 0.3 is 0 Å². The number of rotatable bonds is 9. The van der Waals surface area contributed by atoms with Crippen LogP contribution in [0.5, 0.6) is 0 Å². The lowest BCUT2D eigenvalue weighted by Crippen LogP contribution is -2.46. The minimum absolute atomic E-state index is 0.0998. The van der Waals surface area contributed by atoms with Crippen LogP contribution in [0.1, 0.15) is 19.8 Å². The van der Waals surface area contributed by atoms with E-state index in [9.17, 15) is 4.79 Å². The lowest BCUT2D eigenvalue weighted by Gasteiger charge is -2.26. The van der Waals surface area contributed by atoms with E-state index in [1.807, 2.05) is 25.3 Å². The second kappa shape index (κ2) is 9.74. The van der Waals surface area contributed by atoms with Crippen molar-refractivity contribution < 1.29 is 4.79 Å². The molecule has 1 atom stereocenters. The van der Waals surface area contributed by atoms with E-state index in [1.54, 1.807) is 11.8 Å². The van der Waals surface area contributed by atoms with Gasteiger partial charge in [-0.05, 0) is 38.9 Å². The molecule has 0 aliphatic heterocycles. The minimum Gasteiger partial charge on any atom is -0.340 e. The van der Waals surface area contributed by atoms with Crippen molar-refractivity contribution in [2.45, 2.75) is 25.8 Å². The molecule has 0 rings (SSSR count). The number of hydrogen-bond acceptors (Lipinski definition) is 4. The van der Waals surface area contributed by atoms with Gasteiger partial charge in [0, 0.05) is 19.6 Å². The van der Waals surface area contributed by atoms with Gasteiger partial charge in [-0.1, -0.05) is 6.92 Å². The van der Waals surface area contributed by atoms with Crippen molar-refractivity contribution in [2.75, 3.05) is 45.7 Å². The molecular weight excluding hydrogens is 234 g/mol. The quantitative estimate of drug-likeness (QED) is 0.669. The van der Waals surface area contributed by atoms with E-state index in [1.165, 1.54) is 0 Å². The average Bonchev–Trinajstić information content (AvgIpc) is 2.30. The molecule has 1 amide bonds. The molecule has 0 unspecified atom stereocenters. The van der Waals surface area contributed by atoms with Crippen LogP contribution in [0.3, 0.4) is 0 Å². The monoisotopic (exact) mass is 261 g/mol. The Bertz CT molecular complexity index is 212. The fourth-order valence-corrected chi connectivity index (χ4v) is 2.02. The predicted octanol–water partition coefficient (Wildman–Crippen LogP) is 0.867. The molecule has 0 bridgehead atoms. The van der Waals surface area contributed by atoms with Gasteiger partial charge in [0.1, 0.15) is 0 Å². The fraction of sp³-hybridized carbons (Fsp3) is 0.917. The maximum absolute atomic E-state index is 12.1. The number of carbonyl (C=O) groups excluding carboxylic acids is 1. The number of carbonyl (C=O) groups is 1. The third-order valence-corrected chi connectivity index (χ3v) is 3.22. The summed E-state index contributed by atoms with van der Waals surface area (Å²) in [5, 5.41) is 0. The van der Waals surface area contributed by atoms with E-state index >= 15 is 0 Å². The van der Waals surface area contributed by atoms with Crippen LogP contribution in [-0.4, -0.2) is 67.5 Å². The zero-order valence-corrected chi connectivity index (χ0v) is 12.4. The Morgan fingerprint density at radius 2 is 1.94 bits per heavy atom. The van der Waals surface area contributed by atoms with Crippen molar-refractivity contribution in [1.29, 1.82) is 0 Å². The van der Waals surface area contributed by atoms with E-state index in [2.05, 4.69) is 11.8 Å². The minimum atomic E-state index is -0.337. The van der Waals surface area contributed by atoms with Crippen LogP contribution in [0.25, 0.3) is 0 Å². The van der Waals surface area contributed by atoms with Gasteiger partial charge in [-0.3, -0.25) is 4.79 Å². The molecule has 0 aromatic heterocycles. The standard InChI is InChI=1S/C12H27N3OS/c1-5-7-15(9-8-14(2)3)12(16)11(13)6-10-17-4/h11H,5-10,13H2,1-4H3/t11-/m0/s1. The lowest BCUT2D eigenvalue weighted by molar-refractivity contribution is -0.132. The molecule has 0 aromatic rings. The second-order valence-corrected chi connectivity index (χ2v) is 5.50. The predicted molar refractivity (Wildman–Crippen MR) is 76.4 cm³/mol. The van der Waals surface area contributed by atoms with E-state index in [0.29, 0.717) is 0 Å². The summed E-state index contributed by atoms with van der Waals surface area (Å²) in [7, 11) is 4.03. The molecule has 0 radical (unpaired) electrons. The smallest absolute Gasteiger partial charge is 0.239 e. The molecule has 4 nitrogen and oxygen atoms in total. The molecule has 2 N–H and O–H groups in total. The van der Waals surface area contributed by atoms with E-state index < -0.39 is 0 Å². The third-order valence-electron chi connectivity index (χ3n) is 2.57. The zero-order chi connectivity index (χ0) is 13.3. The van der Waals surface area contributed by atoms with Crippen LogP contribution >= 0.6 is 11.8 Å². The van der Waals surface area contributed by atoms with Crippen LogP contribution in [-0.2, 0) is 4.79 Å². The number of nitrogens with zero attached hydrogens (tertiary/aromatic N) is 2. The summed E-state index contributed by atoms with van der Waals surface area (Å²) in [5.74, 6) is 1.04. The lowest BCUT2D eigenvalue weighted by atomic mass is 10.2. The van der Waals surface area contributed by atoms with Crippen LogP contribution in [0.2, 0.25) is 0 Å². The number of likely N-dealkylation sites (N-methyl/N-ethyl adjacent to an activating group) is 1. The first-order valence-electron chi connectivity index (χ1n) is 6.21. The molecule has 0 heterocycles. The maximum atomic E-state index is 12.1. The molecule has 0 aliphatic rings. The van der Waals surface area contributed by atoms with Gasteiger partial charge in [0.2, 0.25) is 5.91 Å². The summed E-state index contributed by atoms with van der Waals surface area (Å²) in [4.78, 5) is 16.1.